The summed E-state index contributed by atoms with van der Waals surface area (Å²) in [5.41, 5.74) is 1.99. The SMILES string of the molecule is CCC[C@H](CC(C)C)N1Cc2cnc(Nc3ccc(C(F)(F)F)cc3)nc2C1. The Morgan fingerprint density at radius 1 is 1.14 bits per heavy atom. The maximum absolute atomic E-state index is 12.7. The number of halogens is 3. The second kappa shape index (κ2) is 8.47. The Kier molecular flexibility index (Phi) is 6.23. The van der Waals surface area contributed by atoms with Crippen LogP contribution in [-0.2, 0) is 19.3 Å². The van der Waals surface area contributed by atoms with Gasteiger partial charge in [-0.1, -0.05) is 27.2 Å². The van der Waals surface area contributed by atoms with Gasteiger partial charge in [0.15, 0.2) is 0 Å². The average molecular weight is 392 g/mol. The number of fused-ring (bicyclic) bond motifs is 1. The number of rotatable bonds is 7. The van der Waals surface area contributed by atoms with Crippen molar-refractivity contribution in [1.29, 1.82) is 0 Å². The summed E-state index contributed by atoms with van der Waals surface area (Å²) >= 11 is 0. The van der Waals surface area contributed by atoms with E-state index in [4.69, 9.17) is 0 Å². The zero-order valence-corrected chi connectivity index (χ0v) is 16.6. The smallest absolute Gasteiger partial charge is 0.324 e. The van der Waals surface area contributed by atoms with Crippen molar-refractivity contribution in [3.63, 3.8) is 0 Å². The first-order valence-electron chi connectivity index (χ1n) is 9.79. The summed E-state index contributed by atoms with van der Waals surface area (Å²) in [5, 5.41) is 3.01. The standard InChI is InChI=1S/C21H27F3N4/c1-4-5-18(10-14(2)3)28-12-15-11-25-20(27-19(15)13-28)26-17-8-6-16(7-9-17)21(22,23)24/h6-9,11,14,18H,4-5,10,12-13H2,1-3H3,(H,25,26,27)/t18-/m1/s1. The maximum atomic E-state index is 12.7. The molecule has 2 heterocycles. The molecule has 1 aliphatic rings. The fourth-order valence-electron chi connectivity index (χ4n) is 3.70. The Morgan fingerprint density at radius 3 is 2.46 bits per heavy atom. The second-order valence-electron chi connectivity index (χ2n) is 7.84. The molecule has 1 atom stereocenters. The summed E-state index contributed by atoms with van der Waals surface area (Å²) in [6.45, 7) is 8.35. The molecule has 0 fully saturated rings. The molecule has 0 saturated heterocycles. The van der Waals surface area contributed by atoms with Gasteiger partial charge in [0.25, 0.3) is 0 Å². The van der Waals surface area contributed by atoms with E-state index in [1.807, 2.05) is 6.20 Å². The summed E-state index contributed by atoms with van der Waals surface area (Å²) in [5.74, 6) is 1.06. The molecule has 0 spiro atoms. The minimum absolute atomic E-state index is 0.413. The van der Waals surface area contributed by atoms with Crippen molar-refractivity contribution in [3.8, 4) is 0 Å². The van der Waals surface area contributed by atoms with Gasteiger partial charge in [-0.3, -0.25) is 4.90 Å². The van der Waals surface area contributed by atoms with Crippen LogP contribution in [0.25, 0.3) is 0 Å². The van der Waals surface area contributed by atoms with E-state index in [9.17, 15) is 13.2 Å². The number of aromatic nitrogens is 2. The molecule has 28 heavy (non-hydrogen) atoms. The highest BCUT2D eigenvalue weighted by atomic mass is 19.4. The van der Waals surface area contributed by atoms with Gasteiger partial charge in [0, 0.05) is 36.6 Å². The molecule has 0 unspecified atom stereocenters. The summed E-state index contributed by atoms with van der Waals surface area (Å²) in [6, 6.07) is 5.43. The third kappa shape index (κ3) is 5.01. The Morgan fingerprint density at radius 2 is 1.86 bits per heavy atom. The largest absolute Gasteiger partial charge is 0.416 e. The van der Waals surface area contributed by atoms with E-state index in [1.165, 1.54) is 12.1 Å². The first kappa shape index (κ1) is 20.6. The predicted molar refractivity (Wildman–Crippen MR) is 104 cm³/mol. The molecule has 0 amide bonds. The molecule has 0 saturated carbocycles. The zero-order chi connectivity index (χ0) is 20.3. The number of hydrogen-bond acceptors (Lipinski definition) is 4. The Hall–Kier alpha value is -2.15. The normalized spacial score (nSPS) is 15.7. The fourth-order valence-corrected chi connectivity index (χ4v) is 3.70. The lowest BCUT2D eigenvalue weighted by Crippen LogP contribution is -2.31. The van der Waals surface area contributed by atoms with Gasteiger partial charge >= 0.3 is 6.18 Å². The van der Waals surface area contributed by atoms with Crippen LogP contribution in [0.4, 0.5) is 24.8 Å². The molecule has 7 heteroatoms. The van der Waals surface area contributed by atoms with Gasteiger partial charge in [-0.15, -0.1) is 0 Å². The quantitative estimate of drug-likeness (QED) is 0.649. The molecule has 152 valence electrons. The molecule has 1 aromatic heterocycles. The van der Waals surface area contributed by atoms with E-state index in [0.717, 1.165) is 55.7 Å². The van der Waals surface area contributed by atoms with Crippen LogP contribution in [0.15, 0.2) is 30.5 Å². The fraction of sp³-hybridized carbons (Fsp3) is 0.524. The van der Waals surface area contributed by atoms with Crippen LogP contribution in [0, 0.1) is 5.92 Å². The number of hydrogen-bond donors (Lipinski definition) is 1. The number of nitrogens with zero attached hydrogens (tertiary/aromatic N) is 3. The number of alkyl halides is 3. The highest BCUT2D eigenvalue weighted by Gasteiger charge is 2.30. The number of benzene rings is 1. The lowest BCUT2D eigenvalue weighted by atomic mass is 9.99. The molecule has 0 aliphatic carbocycles. The summed E-state index contributed by atoms with van der Waals surface area (Å²) in [6.07, 6.45) is 0.961. The lowest BCUT2D eigenvalue weighted by molar-refractivity contribution is -0.137. The van der Waals surface area contributed by atoms with Crippen LogP contribution in [0.2, 0.25) is 0 Å². The highest BCUT2D eigenvalue weighted by Crippen LogP contribution is 2.31. The van der Waals surface area contributed by atoms with E-state index in [2.05, 4.69) is 41.0 Å². The van der Waals surface area contributed by atoms with E-state index in [-0.39, 0.29) is 0 Å². The van der Waals surface area contributed by atoms with Gasteiger partial charge in [0.2, 0.25) is 5.95 Å². The van der Waals surface area contributed by atoms with Crippen molar-refractivity contribution in [3.05, 3.63) is 47.3 Å². The second-order valence-corrected chi connectivity index (χ2v) is 7.84. The molecule has 0 bridgehead atoms. The Balaban J connectivity index is 1.69. The van der Waals surface area contributed by atoms with Crippen molar-refractivity contribution < 1.29 is 13.2 Å². The Labute approximate surface area is 164 Å². The molecular weight excluding hydrogens is 365 g/mol. The summed E-state index contributed by atoms with van der Waals surface area (Å²) in [4.78, 5) is 11.4. The molecule has 1 N–H and O–H groups in total. The van der Waals surface area contributed by atoms with Crippen molar-refractivity contribution in [2.45, 2.75) is 65.3 Å². The minimum Gasteiger partial charge on any atom is -0.324 e. The first-order chi connectivity index (χ1) is 13.3. The molecule has 3 rings (SSSR count). The van der Waals surface area contributed by atoms with Gasteiger partial charge in [-0.25, -0.2) is 9.97 Å². The van der Waals surface area contributed by atoms with E-state index < -0.39 is 11.7 Å². The van der Waals surface area contributed by atoms with Gasteiger partial charge in [-0.2, -0.15) is 13.2 Å². The van der Waals surface area contributed by atoms with Gasteiger partial charge in [-0.05, 0) is 43.0 Å². The molecule has 2 aromatic rings. The summed E-state index contributed by atoms with van der Waals surface area (Å²) < 4.78 is 38.0. The van der Waals surface area contributed by atoms with Gasteiger partial charge in [0.1, 0.15) is 0 Å². The molecule has 1 aliphatic heterocycles. The Bertz CT molecular complexity index is 787. The van der Waals surface area contributed by atoms with E-state index in [0.29, 0.717) is 23.6 Å². The monoisotopic (exact) mass is 392 g/mol. The van der Waals surface area contributed by atoms with Crippen molar-refractivity contribution >= 4 is 11.6 Å². The molecular formula is C21H27F3N4. The highest BCUT2D eigenvalue weighted by molar-refractivity contribution is 5.54. The maximum Gasteiger partial charge on any atom is 0.416 e. The van der Waals surface area contributed by atoms with Crippen molar-refractivity contribution in [1.82, 2.24) is 14.9 Å². The van der Waals surface area contributed by atoms with Crippen LogP contribution >= 0.6 is 0 Å². The molecule has 4 nitrogen and oxygen atoms in total. The van der Waals surface area contributed by atoms with Crippen LogP contribution in [0.1, 0.15) is 56.9 Å². The van der Waals surface area contributed by atoms with Crippen LogP contribution < -0.4 is 5.32 Å². The predicted octanol–water partition coefficient (Wildman–Crippen LogP) is 5.77. The third-order valence-electron chi connectivity index (χ3n) is 5.03. The van der Waals surface area contributed by atoms with Crippen molar-refractivity contribution in [2.24, 2.45) is 5.92 Å². The summed E-state index contributed by atoms with van der Waals surface area (Å²) in [7, 11) is 0. The lowest BCUT2D eigenvalue weighted by Gasteiger charge is -2.28. The number of nitrogens with one attached hydrogen (secondary N) is 1. The van der Waals surface area contributed by atoms with Crippen LogP contribution in [-0.4, -0.2) is 20.9 Å². The minimum atomic E-state index is -4.34. The molecule has 0 radical (unpaired) electrons. The van der Waals surface area contributed by atoms with Gasteiger partial charge < -0.3 is 5.32 Å². The third-order valence-corrected chi connectivity index (χ3v) is 5.03. The van der Waals surface area contributed by atoms with E-state index >= 15 is 0 Å². The topological polar surface area (TPSA) is 41.1 Å². The van der Waals surface area contributed by atoms with Gasteiger partial charge in [0.05, 0.1) is 11.3 Å². The zero-order valence-electron chi connectivity index (χ0n) is 16.6. The van der Waals surface area contributed by atoms with Crippen molar-refractivity contribution in [2.75, 3.05) is 5.32 Å². The van der Waals surface area contributed by atoms with Crippen LogP contribution in [0.3, 0.4) is 0 Å². The number of anilines is 2. The van der Waals surface area contributed by atoms with Crippen LogP contribution in [0.5, 0.6) is 0 Å². The first-order valence-corrected chi connectivity index (χ1v) is 9.79. The van der Waals surface area contributed by atoms with E-state index in [1.54, 1.807) is 0 Å². The molecule has 1 aromatic carbocycles. The average Bonchev–Trinajstić information content (AvgIpc) is 3.04.